The van der Waals surface area contributed by atoms with Crippen LogP contribution in [0.5, 0.6) is 0 Å². The molecule has 1 N–H and O–H groups in total. The quantitative estimate of drug-likeness (QED) is 0.639. The van der Waals surface area contributed by atoms with Crippen LogP contribution in [0.25, 0.3) is 0 Å². The van der Waals surface area contributed by atoms with E-state index in [2.05, 4.69) is 5.32 Å². The first-order chi connectivity index (χ1) is 14.7. The van der Waals surface area contributed by atoms with Gasteiger partial charge in [0.15, 0.2) is 0 Å². The van der Waals surface area contributed by atoms with E-state index in [9.17, 15) is 13.2 Å². The van der Waals surface area contributed by atoms with E-state index >= 15 is 0 Å². The molecule has 0 unspecified atom stereocenters. The summed E-state index contributed by atoms with van der Waals surface area (Å²) in [6, 6.07) is 10.7. The molecule has 9 heteroatoms. The summed E-state index contributed by atoms with van der Waals surface area (Å²) in [7, 11) is -3.22. The lowest BCUT2D eigenvalue weighted by molar-refractivity contribution is 0.0947. The zero-order valence-electron chi connectivity index (χ0n) is 17.7. The standard InChI is InChI=1S/C22H27Cl2N3O3S/c1-3-31(29,30)27-13-10-22(11-14-27,20-6-4-5-16(2)26-20)9-12-25-21(28)18-8-7-17(23)15-19(18)24/h4-8,15H,3,9-14H2,1-2H3,(H,25,28). The Bertz CT molecular complexity index is 1050. The Hall–Kier alpha value is -1.67. The van der Waals surface area contributed by atoms with Crippen molar-refractivity contribution in [3.8, 4) is 0 Å². The van der Waals surface area contributed by atoms with Gasteiger partial charge >= 0.3 is 0 Å². The first-order valence-electron chi connectivity index (χ1n) is 10.3. The fourth-order valence-electron chi connectivity index (χ4n) is 4.03. The van der Waals surface area contributed by atoms with Crippen molar-refractivity contribution in [1.82, 2.24) is 14.6 Å². The summed E-state index contributed by atoms with van der Waals surface area (Å²) in [6.07, 6.45) is 1.96. The summed E-state index contributed by atoms with van der Waals surface area (Å²) >= 11 is 12.1. The second kappa shape index (κ2) is 9.86. The van der Waals surface area contributed by atoms with Crippen LogP contribution in [0.4, 0.5) is 0 Å². The van der Waals surface area contributed by atoms with Crippen LogP contribution in [-0.4, -0.2) is 49.0 Å². The van der Waals surface area contributed by atoms with Crippen molar-refractivity contribution >= 4 is 39.1 Å². The van der Waals surface area contributed by atoms with Gasteiger partial charge in [-0.25, -0.2) is 12.7 Å². The van der Waals surface area contributed by atoms with E-state index in [-0.39, 0.29) is 17.1 Å². The number of nitrogens with zero attached hydrogens (tertiary/aromatic N) is 2. The van der Waals surface area contributed by atoms with Crippen LogP contribution in [0.2, 0.25) is 10.0 Å². The predicted octanol–water partition coefficient (Wildman–Crippen LogP) is 4.20. The summed E-state index contributed by atoms with van der Waals surface area (Å²) in [5.74, 6) is -0.166. The van der Waals surface area contributed by atoms with E-state index in [4.69, 9.17) is 28.2 Å². The molecule has 6 nitrogen and oxygen atoms in total. The van der Waals surface area contributed by atoms with Crippen molar-refractivity contribution < 1.29 is 13.2 Å². The molecule has 1 fully saturated rings. The Morgan fingerprint density at radius 3 is 2.52 bits per heavy atom. The molecule has 3 rings (SSSR count). The molecular formula is C22H27Cl2N3O3S. The average molecular weight is 484 g/mol. The molecule has 0 radical (unpaired) electrons. The number of benzene rings is 1. The van der Waals surface area contributed by atoms with Gasteiger partial charge in [-0.2, -0.15) is 0 Å². The lowest BCUT2D eigenvalue weighted by Crippen LogP contribution is -2.47. The van der Waals surface area contributed by atoms with E-state index in [0.717, 1.165) is 11.4 Å². The maximum atomic E-state index is 12.6. The van der Waals surface area contributed by atoms with Crippen LogP contribution in [0.15, 0.2) is 36.4 Å². The van der Waals surface area contributed by atoms with E-state index in [1.54, 1.807) is 29.4 Å². The number of halogens is 2. The number of carbonyl (C=O) groups is 1. The Morgan fingerprint density at radius 2 is 1.90 bits per heavy atom. The van der Waals surface area contributed by atoms with Crippen molar-refractivity contribution in [2.24, 2.45) is 0 Å². The molecule has 168 valence electrons. The summed E-state index contributed by atoms with van der Waals surface area (Å²) in [6.45, 7) is 4.92. The number of sulfonamides is 1. The van der Waals surface area contributed by atoms with E-state index in [0.29, 0.717) is 54.5 Å². The van der Waals surface area contributed by atoms with Crippen molar-refractivity contribution in [2.45, 2.75) is 38.5 Å². The molecule has 1 saturated heterocycles. The Kier molecular flexibility index (Phi) is 7.63. The predicted molar refractivity (Wildman–Crippen MR) is 124 cm³/mol. The molecule has 0 spiro atoms. The highest BCUT2D eigenvalue weighted by Crippen LogP contribution is 2.38. The van der Waals surface area contributed by atoms with Gasteiger partial charge < -0.3 is 5.32 Å². The van der Waals surface area contributed by atoms with Gasteiger partial charge in [0.2, 0.25) is 10.0 Å². The minimum absolute atomic E-state index is 0.0978. The third kappa shape index (κ3) is 5.58. The molecule has 1 amide bonds. The largest absolute Gasteiger partial charge is 0.352 e. The number of aryl methyl sites for hydroxylation is 1. The van der Waals surface area contributed by atoms with Crippen molar-refractivity contribution in [1.29, 1.82) is 0 Å². The molecule has 1 aliphatic heterocycles. The Labute approximate surface area is 194 Å². The van der Waals surface area contributed by atoms with Crippen molar-refractivity contribution in [3.05, 3.63) is 63.4 Å². The maximum absolute atomic E-state index is 12.6. The monoisotopic (exact) mass is 483 g/mol. The molecule has 2 aromatic rings. The highest BCUT2D eigenvalue weighted by molar-refractivity contribution is 7.89. The van der Waals surface area contributed by atoms with Gasteiger partial charge in [-0.3, -0.25) is 9.78 Å². The number of aromatic nitrogens is 1. The van der Waals surface area contributed by atoms with Gasteiger partial charge in [0, 0.05) is 41.5 Å². The number of pyridine rings is 1. The van der Waals surface area contributed by atoms with E-state index < -0.39 is 10.0 Å². The fourth-order valence-corrected chi connectivity index (χ4v) is 5.63. The molecule has 31 heavy (non-hydrogen) atoms. The number of amides is 1. The van der Waals surface area contributed by atoms with Gasteiger partial charge in [-0.15, -0.1) is 0 Å². The first-order valence-corrected chi connectivity index (χ1v) is 12.7. The van der Waals surface area contributed by atoms with Crippen LogP contribution in [0, 0.1) is 6.92 Å². The SMILES string of the molecule is CCS(=O)(=O)N1CCC(CCNC(=O)c2ccc(Cl)cc2Cl)(c2cccc(C)n2)CC1. The molecule has 2 heterocycles. The minimum atomic E-state index is -3.22. The maximum Gasteiger partial charge on any atom is 0.252 e. The lowest BCUT2D eigenvalue weighted by Gasteiger charge is -2.41. The van der Waals surface area contributed by atoms with Crippen LogP contribution >= 0.6 is 23.2 Å². The van der Waals surface area contributed by atoms with E-state index in [1.165, 1.54) is 0 Å². The van der Waals surface area contributed by atoms with Gasteiger partial charge in [0.25, 0.3) is 5.91 Å². The van der Waals surface area contributed by atoms with Crippen molar-refractivity contribution in [3.63, 3.8) is 0 Å². The number of hydrogen-bond donors (Lipinski definition) is 1. The molecular weight excluding hydrogens is 457 g/mol. The summed E-state index contributed by atoms with van der Waals surface area (Å²) < 4.78 is 26.2. The third-order valence-electron chi connectivity index (χ3n) is 5.93. The van der Waals surface area contributed by atoms with E-state index in [1.807, 2.05) is 25.1 Å². The fraction of sp³-hybridized carbons (Fsp3) is 0.455. The van der Waals surface area contributed by atoms with Crippen LogP contribution in [-0.2, 0) is 15.4 Å². The normalized spacial score (nSPS) is 16.8. The topological polar surface area (TPSA) is 79.4 Å². The number of carbonyl (C=O) groups excluding carboxylic acids is 1. The first kappa shape index (κ1) is 24.0. The Balaban J connectivity index is 1.75. The summed E-state index contributed by atoms with van der Waals surface area (Å²) in [5, 5.41) is 3.72. The third-order valence-corrected chi connectivity index (χ3v) is 8.36. The highest BCUT2D eigenvalue weighted by Gasteiger charge is 2.39. The lowest BCUT2D eigenvalue weighted by atomic mass is 9.73. The highest BCUT2D eigenvalue weighted by atomic mass is 35.5. The summed E-state index contributed by atoms with van der Waals surface area (Å²) in [4.78, 5) is 17.3. The van der Waals surface area contributed by atoms with Crippen LogP contribution < -0.4 is 5.32 Å². The molecule has 0 bridgehead atoms. The van der Waals surface area contributed by atoms with Gasteiger partial charge in [0.1, 0.15) is 0 Å². The molecule has 0 saturated carbocycles. The number of hydrogen-bond acceptors (Lipinski definition) is 4. The molecule has 0 aliphatic carbocycles. The second-order valence-electron chi connectivity index (χ2n) is 7.87. The average Bonchev–Trinajstić information content (AvgIpc) is 2.74. The number of piperidine rings is 1. The van der Waals surface area contributed by atoms with Gasteiger partial charge in [-0.05, 0) is 63.4 Å². The molecule has 0 atom stereocenters. The Morgan fingerprint density at radius 1 is 1.19 bits per heavy atom. The summed E-state index contributed by atoms with van der Waals surface area (Å²) in [5.41, 5.74) is 1.93. The second-order valence-corrected chi connectivity index (χ2v) is 11.0. The molecule has 1 aromatic heterocycles. The van der Waals surface area contributed by atoms with Crippen molar-refractivity contribution in [2.75, 3.05) is 25.4 Å². The number of rotatable bonds is 7. The minimum Gasteiger partial charge on any atom is -0.352 e. The number of nitrogens with one attached hydrogen (secondary N) is 1. The molecule has 1 aliphatic rings. The zero-order valence-corrected chi connectivity index (χ0v) is 20.0. The zero-order chi connectivity index (χ0) is 22.6. The van der Waals surface area contributed by atoms with Crippen LogP contribution in [0.1, 0.15) is 47.9 Å². The smallest absolute Gasteiger partial charge is 0.252 e. The van der Waals surface area contributed by atoms with Crippen LogP contribution in [0.3, 0.4) is 0 Å². The van der Waals surface area contributed by atoms with Gasteiger partial charge in [-0.1, -0.05) is 29.3 Å². The molecule has 1 aromatic carbocycles. The van der Waals surface area contributed by atoms with Gasteiger partial charge in [0.05, 0.1) is 16.3 Å².